The first-order chi connectivity index (χ1) is 16.7. The summed E-state index contributed by atoms with van der Waals surface area (Å²) in [7, 11) is 0. The van der Waals surface area contributed by atoms with Gasteiger partial charge in [0.25, 0.3) is 0 Å². The van der Waals surface area contributed by atoms with Gasteiger partial charge in [0.1, 0.15) is 12.1 Å². The molecule has 1 aromatic rings. The lowest BCUT2D eigenvalue weighted by atomic mass is 10.1. The van der Waals surface area contributed by atoms with Crippen molar-refractivity contribution in [1.29, 1.82) is 0 Å². The van der Waals surface area contributed by atoms with E-state index in [-0.39, 0.29) is 5.66 Å². The Balaban J connectivity index is 0.000000762. The van der Waals surface area contributed by atoms with Crippen molar-refractivity contribution in [3.63, 3.8) is 0 Å². The lowest BCUT2D eigenvalue weighted by molar-refractivity contribution is -0.147. The van der Waals surface area contributed by atoms with E-state index in [1.165, 1.54) is 50.5 Å². The molecule has 2 rings (SSSR count). The number of carboxylic acids is 2. The molecule has 1 fully saturated rings. The minimum absolute atomic E-state index is 0.255. The van der Waals surface area contributed by atoms with Crippen LogP contribution in [0, 0.1) is 0 Å². The van der Waals surface area contributed by atoms with E-state index in [1.54, 1.807) is 0 Å². The zero-order valence-electron chi connectivity index (χ0n) is 21.5. The van der Waals surface area contributed by atoms with Gasteiger partial charge < -0.3 is 20.8 Å². The van der Waals surface area contributed by atoms with Crippen LogP contribution < -0.4 is 16.0 Å². The van der Waals surface area contributed by atoms with Crippen LogP contribution in [-0.4, -0.2) is 52.8 Å². The number of rotatable bonds is 14. The molecule has 9 nitrogen and oxygen atoms in total. The lowest BCUT2D eigenvalue weighted by Crippen LogP contribution is -2.68. The summed E-state index contributed by atoms with van der Waals surface area (Å²) in [6, 6.07) is 10.5. The van der Waals surface area contributed by atoms with E-state index >= 15 is 0 Å². The molecule has 0 saturated carbocycles. The van der Waals surface area contributed by atoms with Gasteiger partial charge in [0.05, 0.1) is 0 Å². The summed E-state index contributed by atoms with van der Waals surface area (Å²) in [6.07, 6.45) is 10.7. The third-order valence-electron chi connectivity index (χ3n) is 5.20. The van der Waals surface area contributed by atoms with E-state index in [2.05, 4.69) is 61.0 Å². The maximum Gasteiger partial charge on any atom is 0.314 e. The fourth-order valence-electron chi connectivity index (χ4n) is 3.46. The highest BCUT2D eigenvalue weighted by Gasteiger charge is 2.26. The second-order valence-electron chi connectivity index (χ2n) is 9.14. The molecule has 0 radical (unpaired) electrons. The molecule has 0 atom stereocenters. The Morgan fingerprint density at radius 2 is 1.31 bits per heavy atom. The normalized spacial score (nSPS) is 16.4. The third kappa shape index (κ3) is 16.2. The molecule has 0 bridgehead atoms. The first-order valence-corrected chi connectivity index (χ1v) is 12.6. The van der Waals surface area contributed by atoms with E-state index in [1.807, 2.05) is 6.07 Å². The van der Waals surface area contributed by atoms with E-state index in [0.717, 1.165) is 37.9 Å². The molecule has 1 aliphatic heterocycles. The Labute approximate surface area is 209 Å². The molecular formula is C26H43N5O4. The van der Waals surface area contributed by atoms with Gasteiger partial charge in [0, 0.05) is 13.1 Å². The summed E-state index contributed by atoms with van der Waals surface area (Å²) >= 11 is 0. The average molecular weight is 490 g/mol. The number of carbonyl (C=O) groups is 2. The van der Waals surface area contributed by atoms with Gasteiger partial charge in [-0.2, -0.15) is 0 Å². The van der Waals surface area contributed by atoms with Crippen molar-refractivity contribution in [3.8, 4) is 0 Å². The van der Waals surface area contributed by atoms with Crippen LogP contribution in [0.2, 0.25) is 0 Å². The molecule has 35 heavy (non-hydrogen) atoms. The van der Waals surface area contributed by atoms with Crippen LogP contribution in [-0.2, 0) is 16.0 Å². The van der Waals surface area contributed by atoms with Crippen molar-refractivity contribution in [1.82, 2.24) is 16.0 Å². The molecule has 0 aromatic heterocycles. The van der Waals surface area contributed by atoms with E-state index in [4.69, 9.17) is 20.2 Å². The predicted molar refractivity (Wildman–Crippen MR) is 141 cm³/mol. The number of guanidine groups is 2. The Hall–Kier alpha value is -3.10. The van der Waals surface area contributed by atoms with Gasteiger partial charge in [0.15, 0.2) is 11.9 Å². The van der Waals surface area contributed by atoms with Crippen LogP contribution in [0.1, 0.15) is 84.1 Å². The molecular weight excluding hydrogens is 446 g/mol. The van der Waals surface area contributed by atoms with Crippen molar-refractivity contribution >= 4 is 23.9 Å². The number of carboxylic acid groups (broad SMARTS) is 2. The predicted octanol–water partition coefficient (Wildman–Crippen LogP) is 4.15. The Bertz CT molecular complexity index is 797. The van der Waals surface area contributed by atoms with Crippen LogP contribution in [0.3, 0.4) is 0 Å². The largest absolute Gasteiger partial charge is 0.481 e. The molecule has 1 saturated heterocycles. The Kier molecular flexibility index (Phi) is 14.8. The fourth-order valence-corrected chi connectivity index (χ4v) is 3.46. The Morgan fingerprint density at radius 1 is 0.800 bits per heavy atom. The van der Waals surface area contributed by atoms with Crippen molar-refractivity contribution in [2.24, 2.45) is 9.98 Å². The van der Waals surface area contributed by atoms with Crippen LogP contribution >= 0.6 is 0 Å². The van der Waals surface area contributed by atoms with Gasteiger partial charge in [-0.05, 0) is 32.3 Å². The minimum Gasteiger partial charge on any atom is -0.481 e. The summed E-state index contributed by atoms with van der Waals surface area (Å²) in [5.74, 6) is -1.00. The third-order valence-corrected chi connectivity index (χ3v) is 5.20. The summed E-state index contributed by atoms with van der Waals surface area (Å²) in [4.78, 5) is 28.3. The monoisotopic (exact) mass is 489 g/mol. The molecule has 9 heteroatoms. The zero-order chi connectivity index (χ0) is 25.9. The SMILES string of the molecule is CCCCCCCCCCN=C1NC(=NCCc2ccccc2)NC(C)(C)N1.O=C(O)CC(=O)O. The number of hydrogen-bond donors (Lipinski definition) is 5. The summed E-state index contributed by atoms with van der Waals surface area (Å²) in [5, 5.41) is 25.5. The van der Waals surface area contributed by atoms with Gasteiger partial charge in [-0.3, -0.25) is 24.9 Å². The fraction of sp³-hybridized carbons (Fsp3) is 0.615. The number of aliphatic carboxylic acids is 2. The minimum atomic E-state index is -1.31. The number of unbranched alkanes of at least 4 members (excludes halogenated alkanes) is 7. The second-order valence-corrected chi connectivity index (χ2v) is 9.14. The van der Waals surface area contributed by atoms with E-state index in [0.29, 0.717) is 0 Å². The van der Waals surface area contributed by atoms with Crippen LogP contribution in [0.25, 0.3) is 0 Å². The highest BCUT2D eigenvalue weighted by Crippen LogP contribution is 2.08. The van der Waals surface area contributed by atoms with Crippen molar-refractivity contribution in [2.75, 3.05) is 13.1 Å². The van der Waals surface area contributed by atoms with Gasteiger partial charge in [-0.15, -0.1) is 0 Å². The van der Waals surface area contributed by atoms with E-state index < -0.39 is 18.4 Å². The second kappa shape index (κ2) is 17.4. The average Bonchev–Trinajstić information content (AvgIpc) is 2.77. The first kappa shape index (κ1) is 29.9. The zero-order valence-corrected chi connectivity index (χ0v) is 21.5. The molecule has 0 unspecified atom stereocenters. The molecule has 196 valence electrons. The lowest BCUT2D eigenvalue weighted by Gasteiger charge is -2.36. The molecule has 0 amide bonds. The van der Waals surface area contributed by atoms with Gasteiger partial charge in [0.2, 0.25) is 0 Å². The number of hydrogen-bond acceptors (Lipinski definition) is 4. The standard InChI is InChI=1S/C23H39N5.C3H4O4/c1-4-5-6-7-8-9-10-14-18-24-21-26-22(28-23(2,3)27-21)25-19-17-20-15-12-11-13-16-20;4-2(5)1-3(6)7/h11-13,15-16H,4-10,14,17-19H2,1-3H3,(H3,24,25,26,27,28);1H2,(H,4,5)(H,6,7). The molecule has 0 spiro atoms. The van der Waals surface area contributed by atoms with Crippen LogP contribution in [0.5, 0.6) is 0 Å². The maximum absolute atomic E-state index is 9.43. The number of benzene rings is 1. The maximum atomic E-state index is 9.43. The van der Waals surface area contributed by atoms with Crippen molar-refractivity contribution in [2.45, 2.75) is 90.6 Å². The summed E-state index contributed by atoms with van der Waals surface area (Å²) in [5.41, 5.74) is 1.05. The smallest absolute Gasteiger partial charge is 0.314 e. The highest BCUT2D eigenvalue weighted by molar-refractivity contribution is 6.01. The highest BCUT2D eigenvalue weighted by atomic mass is 16.4. The summed E-state index contributed by atoms with van der Waals surface area (Å²) in [6.45, 7) is 8.08. The van der Waals surface area contributed by atoms with Gasteiger partial charge in [-0.1, -0.05) is 82.2 Å². The number of aliphatic imine (C=N–C) groups is 2. The van der Waals surface area contributed by atoms with Crippen molar-refractivity contribution in [3.05, 3.63) is 35.9 Å². The molecule has 0 aliphatic carbocycles. The number of nitrogens with one attached hydrogen (secondary N) is 3. The Morgan fingerprint density at radius 3 is 1.83 bits per heavy atom. The molecule has 1 heterocycles. The first-order valence-electron chi connectivity index (χ1n) is 12.6. The van der Waals surface area contributed by atoms with Gasteiger partial charge in [-0.25, -0.2) is 0 Å². The summed E-state index contributed by atoms with van der Waals surface area (Å²) < 4.78 is 0. The van der Waals surface area contributed by atoms with Crippen LogP contribution in [0.4, 0.5) is 0 Å². The molecule has 1 aliphatic rings. The number of nitrogens with zero attached hydrogens (tertiary/aromatic N) is 2. The molecule has 5 N–H and O–H groups in total. The molecule has 1 aromatic carbocycles. The van der Waals surface area contributed by atoms with E-state index in [9.17, 15) is 9.59 Å². The quantitative estimate of drug-likeness (QED) is 0.196. The van der Waals surface area contributed by atoms with Gasteiger partial charge >= 0.3 is 11.9 Å². The topological polar surface area (TPSA) is 135 Å². The van der Waals surface area contributed by atoms with Crippen LogP contribution in [0.15, 0.2) is 40.3 Å². The van der Waals surface area contributed by atoms with Crippen molar-refractivity contribution < 1.29 is 19.8 Å².